The van der Waals surface area contributed by atoms with Gasteiger partial charge in [-0.2, -0.15) is 0 Å². The number of ketones is 1. The maximum absolute atomic E-state index is 14.0. The second-order valence-electron chi connectivity index (χ2n) is 15.9. The zero-order valence-corrected chi connectivity index (χ0v) is 34.5. The summed E-state index contributed by atoms with van der Waals surface area (Å²) < 4.78 is 19.8. The van der Waals surface area contributed by atoms with Gasteiger partial charge in [0, 0.05) is 0 Å². The molecule has 0 amide bonds. The molecule has 1 aliphatic rings. The molecule has 0 heterocycles. The molecular formula is C34H72O3Si2Sn. The second-order valence-corrected chi connectivity index (χ2v) is 40.3. The van der Waals surface area contributed by atoms with Crippen molar-refractivity contribution in [2.75, 3.05) is 0 Å². The van der Waals surface area contributed by atoms with Crippen molar-refractivity contribution < 1.29 is 13.6 Å². The van der Waals surface area contributed by atoms with Crippen LogP contribution in [0.15, 0.2) is 0 Å². The van der Waals surface area contributed by atoms with E-state index in [9.17, 15) is 4.79 Å². The van der Waals surface area contributed by atoms with Gasteiger partial charge >= 0.3 is 260 Å². The zero-order valence-electron chi connectivity index (χ0n) is 29.7. The molecule has 0 spiro atoms. The molecule has 0 bridgehead atoms. The van der Waals surface area contributed by atoms with Crippen LogP contribution in [-0.4, -0.2) is 53.0 Å². The van der Waals surface area contributed by atoms with Gasteiger partial charge in [0.1, 0.15) is 0 Å². The molecule has 40 heavy (non-hydrogen) atoms. The number of unbranched alkanes of at least 4 members (excludes halogenated alkanes) is 3. The molecule has 0 aromatic heterocycles. The molecule has 0 unspecified atom stereocenters. The minimum absolute atomic E-state index is 0.0126. The van der Waals surface area contributed by atoms with E-state index in [1.165, 1.54) is 51.8 Å². The average Bonchev–Trinajstić information content (AvgIpc) is 2.98. The molecule has 1 aliphatic carbocycles. The Kier molecular flexibility index (Phi) is 16.3. The molecule has 3 atom stereocenters. The molecule has 0 radical (unpaired) electrons. The van der Waals surface area contributed by atoms with Gasteiger partial charge in [0.05, 0.1) is 0 Å². The van der Waals surface area contributed by atoms with Crippen LogP contribution in [0.3, 0.4) is 0 Å². The van der Waals surface area contributed by atoms with E-state index in [0.29, 0.717) is 32.8 Å². The normalized spacial score (nSPS) is 22.0. The van der Waals surface area contributed by atoms with E-state index >= 15 is 0 Å². The molecule has 1 fully saturated rings. The van der Waals surface area contributed by atoms with E-state index in [1.54, 1.807) is 0 Å². The summed E-state index contributed by atoms with van der Waals surface area (Å²) in [5.41, 5.74) is 1.58. The van der Waals surface area contributed by atoms with Crippen LogP contribution in [0.2, 0.25) is 52.0 Å². The minimum atomic E-state index is -2.78. The van der Waals surface area contributed by atoms with Crippen LogP contribution in [0.4, 0.5) is 0 Å². The molecule has 0 saturated heterocycles. The number of rotatable bonds is 17. The van der Waals surface area contributed by atoms with Crippen molar-refractivity contribution in [3.8, 4) is 0 Å². The standard InChI is InChI=1S/C22H45O3Si2.3C4H9.Sn/c1-16(2)27(17(3)4,18(5)6)25-21-14-19(23)12-13-20(15-21)24-26(10,11)22(7,8)9;3*1-3-4-2;/h13,16-18,20-21H,12,14-15H2,1-11H3;3*1,3-4H2,2H3;/t20-,21+;;;;/m1..../s1. The molecular weight excluding hydrogens is 631 g/mol. The van der Waals surface area contributed by atoms with Crippen LogP contribution >= 0.6 is 0 Å². The van der Waals surface area contributed by atoms with Crippen molar-refractivity contribution in [1.29, 1.82) is 0 Å². The third-order valence-electron chi connectivity index (χ3n) is 11.0. The summed E-state index contributed by atoms with van der Waals surface area (Å²) in [5, 5.41) is 0.158. The summed E-state index contributed by atoms with van der Waals surface area (Å²) in [6, 6.07) is 0. The monoisotopic (exact) mass is 704 g/mol. The Hall–Kier alpha value is 0.822. The van der Waals surface area contributed by atoms with Crippen LogP contribution in [0, 0.1) is 0 Å². The van der Waals surface area contributed by atoms with Crippen LogP contribution < -0.4 is 0 Å². The van der Waals surface area contributed by atoms with Crippen LogP contribution in [0.1, 0.15) is 141 Å². The summed E-state index contributed by atoms with van der Waals surface area (Å²) in [4.78, 5) is 14.0. The molecule has 1 rings (SSSR count). The van der Waals surface area contributed by atoms with Crippen molar-refractivity contribution in [1.82, 2.24) is 0 Å². The first-order chi connectivity index (χ1) is 18.4. The number of carbonyl (C=O) groups excluding carboxylic acids is 1. The average molecular weight is 704 g/mol. The first-order valence-corrected chi connectivity index (χ1v) is 30.1. The van der Waals surface area contributed by atoms with Crippen molar-refractivity contribution in [3.05, 3.63) is 0 Å². The predicted molar refractivity (Wildman–Crippen MR) is 185 cm³/mol. The number of hydrogen-bond donors (Lipinski definition) is 0. The Morgan fingerprint density at radius 2 is 1.20 bits per heavy atom. The van der Waals surface area contributed by atoms with E-state index in [2.05, 4.69) is 96.2 Å². The van der Waals surface area contributed by atoms with Crippen molar-refractivity contribution in [3.63, 3.8) is 0 Å². The van der Waals surface area contributed by atoms with E-state index in [4.69, 9.17) is 8.85 Å². The second kappa shape index (κ2) is 16.8. The molecule has 0 aromatic rings. The quantitative estimate of drug-likeness (QED) is 0.112. The summed E-state index contributed by atoms with van der Waals surface area (Å²) in [6.45, 7) is 33.3. The third-order valence-corrected chi connectivity index (χ3v) is 39.4. The van der Waals surface area contributed by atoms with Gasteiger partial charge in [0.15, 0.2) is 0 Å². The SMILES string of the molecule is CCC[CH2][Sn]([CH2]CCC)([CH2]CCC)[C@H]1CC(=O)C[C@H](O[Si](C(C)C)(C(C)C)C(C)C)C[C@@H]1O[Si](C)(C)C(C)(C)C. The fraction of sp³-hybridized carbons (Fsp3) is 0.971. The first kappa shape index (κ1) is 38.8. The molecule has 1 saturated carbocycles. The topological polar surface area (TPSA) is 35.5 Å². The van der Waals surface area contributed by atoms with Crippen LogP contribution in [0.5, 0.6) is 0 Å². The maximum atomic E-state index is 14.0. The Labute approximate surface area is 258 Å². The molecule has 0 N–H and O–H groups in total. The number of Topliss-reactive ketones (excluding diaryl/α,β-unsaturated/α-hetero) is 1. The van der Waals surface area contributed by atoms with Gasteiger partial charge in [-0.3, -0.25) is 0 Å². The van der Waals surface area contributed by atoms with Crippen molar-refractivity contribution >= 4 is 40.8 Å². The number of carbonyl (C=O) groups is 1. The van der Waals surface area contributed by atoms with Crippen LogP contribution in [-0.2, 0) is 13.6 Å². The fourth-order valence-corrected chi connectivity index (χ4v) is 34.2. The van der Waals surface area contributed by atoms with Gasteiger partial charge in [-0.15, -0.1) is 0 Å². The summed E-state index contributed by atoms with van der Waals surface area (Å²) in [6.07, 6.45) is 10.3. The Morgan fingerprint density at radius 1 is 0.775 bits per heavy atom. The molecule has 238 valence electrons. The van der Waals surface area contributed by atoms with E-state index < -0.39 is 35.0 Å². The van der Waals surface area contributed by atoms with Crippen molar-refractivity contribution in [2.24, 2.45) is 0 Å². The molecule has 3 nitrogen and oxygen atoms in total. The molecule has 0 aliphatic heterocycles. The fourth-order valence-electron chi connectivity index (χ4n) is 7.82. The first-order valence-electron chi connectivity index (χ1n) is 17.3. The molecule has 6 heteroatoms. The van der Waals surface area contributed by atoms with Gasteiger partial charge in [-0.05, 0) is 0 Å². The summed E-state index contributed by atoms with van der Waals surface area (Å²) in [7, 11) is -4.13. The van der Waals surface area contributed by atoms with Gasteiger partial charge in [0.25, 0.3) is 0 Å². The Bertz CT molecular complexity index is 700. The Balaban J connectivity index is 3.74. The zero-order chi connectivity index (χ0) is 30.9. The van der Waals surface area contributed by atoms with Gasteiger partial charge in [-0.1, -0.05) is 0 Å². The van der Waals surface area contributed by atoms with Gasteiger partial charge in [0.2, 0.25) is 0 Å². The Morgan fingerprint density at radius 3 is 1.55 bits per heavy atom. The van der Waals surface area contributed by atoms with Crippen LogP contribution in [0.25, 0.3) is 0 Å². The van der Waals surface area contributed by atoms with E-state index in [0.717, 1.165) is 12.8 Å². The van der Waals surface area contributed by atoms with Crippen molar-refractivity contribution in [2.45, 2.75) is 205 Å². The summed E-state index contributed by atoms with van der Waals surface area (Å²) >= 11 is -2.78. The van der Waals surface area contributed by atoms with Gasteiger partial charge < -0.3 is 0 Å². The number of hydrogen-bond acceptors (Lipinski definition) is 3. The summed E-state index contributed by atoms with van der Waals surface area (Å²) in [5.74, 6) is 0.473. The van der Waals surface area contributed by atoms with E-state index in [1.807, 2.05) is 0 Å². The van der Waals surface area contributed by atoms with Gasteiger partial charge in [-0.25, -0.2) is 0 Å². The predicted octanol–water partition coefficient (Wildman–Crippen LogP) is 11.9. The van der Waals surface area contributed by atoms with E-state index in [-0.39, 0.29) is 17.2 Å². The third kappa shape index (κ3) is 9.92. The molecule has 0 aromatic carbocycles.